The van der Waals surface area contributed by atoms with Crippen molar-refractivity contribution in [3.05, 3.63) is 35.4 Å². The lowest BCUT2D eigenvalue weighted by Crippen LogP contribution is -2.32. The van der Waals surface area contributed by atoms with E-state index in [1.54, 1.807) is 0 Å². The Balaban J connectivity index is 1.88. The second-order valence-electron chi connectivity index (χ2n) is 4.69. The molecule has 1 fully saturated rings. The van der Waals surface area contributed by atoms with E-state index >= 15 is 0 Å². The molecule has 0 saturated carbocycles. The van der Waals surface area contributed by atoms with Crippen molar-refractivity contribution in [2.24, 2.45) is 5.73 Å². The lowest BCUT2D eigenvalue weighted by Gasteiger charge is -2.23. The van der Waals surface area contributed by atoms with Crippen LogP contribution in [0.15, 0.2) is 24.3 Å². The molecule has 19 heavy (non-hydrogen) atoms. The number of carbonyl (C=O) groups is 1. The number of hydrogen-bond donors (Lipinski definition) is 2. The highest BCUT2D eigenvalue weighted by Crippen LogP contribution is 2.13. The van der Waals surface area contributed by atoms with E-state index in [-0.39, 0.29) is 6.29 Å². The Kier molecular flexibility index (Phi) is 4.90. The van der Waals surface area contributed by atoms with Crippen LogP contribution in [0.25, 0.3) is 0 Å². The standard InChI is InChI=1S/C14H19NO4/c15-12(14(16)17)8-10-2-4-11(5-3-10)9-13-18-6-1-7-19-13/h2-5,12-13H,1,6-9,15H2,(H,16,17). The van der Waals surface area contributed by atoms with Crippen LogP contribution in [0.1, 0.15) is 17.5 Å². The molecular formula is C14H19NO4. The summed E-state index contributed by atoms with van der Waals surface area (Å²) in [6, 6.07) is 6.88. The fourth-order valence-electron chi connectivity index (χ4n) is 2.00. The van der Waals surface area contributed by atoms with Gasteiger partial charge in [-0.1, -0.05) is 24.3 Å². The summed E-state index contributed by atoms with van der Waals surface area (Å²) >= 11 is 0. The van der Waals surface area contributed by atoms with Gasteiger partial charge in [0, 0.05) is 6.42 Å². The first-order chi connectivity index (χ1) is 9.15. The van der Waals surface area contributed by atoms with Crippen LogP contribution in [0.2, 0.25) is 0 Å². The molecular weight excluding hydrogens is 246 g/mol. The molecule has 104 valence electrons. The molecule has 5 nitrogen and oxygen atoms in total. The molecule has 3 N–H and O–H groups in total. The summed E-state index contributed by atoms with van der Waals surface area (Å²) in [5.74, 6) is -0.979. The van der Waals surface area contributed by atoms with Crippen LogP contribution in [-0.4, -0.2) is 36.6 Å². The van der Waals surface area contributed by atoms with Crippen LogP contribution in [0.5, 0.6) is 0 Å². The van der Waals surface area contributed by atoms with Gasteiger partial charge >= 0.3 is 5.97 Å². The minimum atomic E-state index is -0.979. The number of carboxylic acids is 1. The van der Waals surface area contributed by atoms with Gasteiger partial charge in [-0.05, 0) is 24.0 Å². The van der Waals surface area contributed by atoms with E-state index in [2.05, 4.69) is 0 Å². The van der Waals surface area contributed by atoms with Crippen molar-refractivity contribution in [3.8, 4) is 0 Å². The third-order valence-electron chi connectivity index (χ3n) is 3.09. The lowest BCUT2D eigenvalue weighted by atomic mass is 10.0. The van der Waals surface area contributed by atoms with Crippen LogP contribution in [0.3, 0.4) is 0 Å². The lowest BCUT2D eigenvalue weighted by molar-refractivity contribution is -0.176. The Labute approximate surface area is 112 Å². The smallest absolute Gasteiger partial charge is 0.320 e. The van der Waals surface area contributed by atoms with Crippen LogP contribution < -0.4 is 5.73 Å². The maximum atomic E-state index is 10.7. The summed E-state index contributed by atoms with van der Waals surface area (Å²) in [4.78, 5) is 10.7. The van der Waals surface area contributed by atoms with E-state index in [0.29, 0.717) is 12.8 Å². The number of benzene rings is 1. The molecule has 1 aliphatic rings. The van der Waals surface area contributed by atoms with Crippen LogP contribution >= 0.6 is 0 Å². The summed E-state index contributed by atoms with van der Waals surface area (Å²) in [5.41, 5.74) is 7.53. The van der Waals surface area contributed by atoms with Gasteiger partial charge in [-0.15, -0.1) is 0 Å². The van der Waals surface area contributed by atoms with E-state index in [1.807, 2.05) is 24.3 Å². The van der Waals surface area contributed by atoms with E-state index in [9.17, 15) is 4.79 Å². The monoisotopic (exact) mass is 265 g/mol. The SMILES string of the molecule is NC(Cc1ccc(CC2OCCCO2)cc1)C(=O)O. The quantitative estimate of drug-likeness (QED) is 0.828. The normalized spacial score (nSPS) is 18.2. The number of aliphatic carboxylic acids is 1. The van der Waals surface area contributed by atoms with Crippen molar-refractivity contribution in [1.29, 1.82) is 0 Å². The predicted octanol–water partition coefficient (Wildman–Crippen LogP) is 0.946. The van der Waals surface area contributed by atoms with Crippen LogP contribution in [-0.2, 0) is 27.1 Å². The summed E-state index contributed by atoms with van der Waals surface area (Å²) in [6.45, 7) is 1.49. The molecule has 5 heteroatoms. The minimum absolute atomic E-state index is 0.166. The summed E-state index contributed by atoms with van der Waals surface area (Å²) in [6.07, 6.45) is 1.83. The Bertz CT molecular complexity index is 412. The van der Waals surface area contributed by atoms with Crippen molar-refractivity contribution in [2.75, 3.05) is 13.2 Å². The molecule has 1 aromatic carbocycles. The molecule has 0 radical (unpaired) electrons. The van der Waals surface area contributed by atoms with Gasteiger partial charge < -0.3 is 20.3 Å². The number of ether oxygens (including phenoxy) is 2. The van der Waals surface area contributed by atoms with Gasteiger partial charge in [0.05, 0.1) is 13.2 Å². The topological polar surface area (TPSA) is 81.8 Å². The molecule has 0 amide bonds. The number of carboxylic acid groups (broad SMARTS) is 1. The highest BCUT2D eigenvalue weighted by Gasteiger charge is 2.15. The fourth-order valence-corrected chi connectivity index (χ4v) is 2.00. The number of rotatable bonds is 5. The maximum Gasteiger partial charge on any atom is 0.320 e. The van der Waals surface area contributed by atoms with Crippen molar-refractivity contribution in [2.45, 2.75) is 31.6 Å². The average Bonchev–Trinajstić information content (AvgIpc) is 2.42. The van der Waals surface area contributed by atoms with Crippen LogP contribution in [0, 0.1) is 0 Å². The first-order valence-electron chi connectivity index (χ1n) is 6.44. The van der Waals surface area contributed by atoms with Gasteiger partial charge in [0.25, 0.3) is 0 Å². The van der Waals surface area contributed by atoms with E-state index in [0.717, 1.165) is 30.8 Å². The first-order valence-corrected chi connectivity index (χ1v) is 6.44. The predicted molar refractivity (Wildman–Crippen MR) is 69.8 cm³/mol. The van der Waals surface area contributed by atoms with Gasteiger partial charge in [-0.3, -0.25) is 4.79 Å². The second kappa shape index (κ2) is 6.65. The zero-order valence-electron chi connectivity index (χ0n) is 10.7. The van der Waals surface area contributed by atoms with Crippen molar-refractivity contribution in [3.63, 3.8) is 0 Å². The summed E-state index contributed by atoms with van der Waals surface area (Å²) < 4.78 is 11.0. The number of nitrogens with two attached hydrogens (primary N) is 1. The van der Waals surface area contributed by atoms with Crippen molar-refractivity contribution < 1.29 is 19.4 Å². The van der Waals surface area contributed by atoms with Crippen molar-refractivity contribution in [1.82, 2.24) is 0 Å². The largest absolute Gasteiger partial charge is 0.480 e. The molecule has 1 aliphatic heterocycles. The molecule has 1 aromatic rings. The Hall–Kier alpha value is -1.43. The summed E-state index contributed by atoms with van der Waals surface area (Å²) in [5, 5.41) is 8.76. The summed E-state index contributed by atoms with van der Waals surface area (Å²) in [7, 11) is 0. The van der Waals surface area contributed by atoms with Gasteiger partial charge in [0.1, 0.15) is 6.04 Å². The molecule has 1 heterocycles. The van der Waals surface area contributed by atoms with Gasteiger partial charge in [0.2, 0.25) is 0 Å². The molecule has 0 bridgehead atoms. The Morgan fingerprint density at radius 1 is 1.26 bits per heavy atom. The zero-order valence-corrected chi connectivity index (χ0v) is 10.7. The first kappa shape index (κ1) is 14.0. The van der Waals surface area contributed by atoms with E-state index in [1.165, 1.54) is 0 Å². The fraction of sp³-hybridized carbons (Fsp3) is 0.500. The number of hydrogen-bond acceptors (Lipinski definition) is 4. The molecule has 0 spiro atoms. The van der Waals surface area contributed by atoms with Gasteiger partial charge in [0.15, 0.2) is 6.29 Å². The highest BCUT2D eigenvalue weighted by molar-refractivity contribution is 5.73. The van der Waals surface area contributed by atoms with Crippen LogP contribution in [0.4, 0.5) is 0 Å². The average molecular weight is 265 g/mol. The molecule has 0 aliphatic carbocycles. The minimum Gasteiger partial charge on any atom is -0.480 e. The Morgan fingerprint density at radius 3 is 2.42 bits per heavy atom. The molecule has 0 aromatic heterocycles. The Morgan fingerprint density at radius 2 is 1.84 bits per heavy atom. The van der Waals surface area contributed by atoms with E-state index in [4.69, 9.17) is 20.3 Å². The van der Waals surface area contributed by atoms with Crippen molar-refractivity contribution >= 4 is 5.97 Å². The maximum absolute atomic E-state index is 10.7. The highest BCUT2D eigenvalue weighted by atomic mass is 16.7. The molecule has 1 saturated heterocycles. The molecule has 1 unspecified atom stereocenters. The molecule has 2 rings (SSSR count). The second-order valence-corrected chi connectivity index (χ2v) is 4.69. The van der Waals surface area contributed by atoms with Gasteiger partial charge in [-0.25, -0.2) is 0 Å². The zero-order chi connectivity index (χ0) is 13.7. The molecule has 1 atom stereocenters. The van der Waals surface area contributed by atoms with Gasteiger partial charge in [-0.2, -0.15) is 0 Å². The third-order valence-corrected chi connectivity index (χ3v) is 3.09. The van der Waals surface area contributed by atoms with E-state index < -0.39 is 12.0 Å². The third kappa shape index (κ3) is 4.31.